The molecule has 7 heteroatoms. The minimum Gasteiger partial charge on any atom is -0.382 e. The van der Waals surface area contributed by atoms with Crippen LogP contribution in [0.3, 0.4) is 0 Å². The number of halogens is 3. The summed E-state index contributed by atoms with van der Waals surface area (Å²) in [6.07, 6.45) is -2.99. The predicted molar refractivity (Wildman–Crippen MR) is 42.3 cm³/mol. The standard InChI is InChI=1S/C6H9F3N4/c1-13(3-6(7,8)9)4-2-11-12-5(4)10/h2H,3H2,1H3,(H3,10,11,12). The Labute approximate surface area is 72.5 Å². The largest absolute Gasteiger partial charge is 0.405 e. The molecule has 0 amide bonds. The van der Waals surface area contributed by atoms with Crippen LogP contribution in [0.25, 0.3) is 0 Å². The van der Waals surface area contributed by atoms with E-state index in [1.165, 1.54) is 13.2 Å². The number of aromatic nitrogens is 2. The number of nitrogens with one attached hydrogen (secondary N) is 1. The quantitative estimate of drug-likeness (QED) is 0.738. The van der Waals surface area contributed by atoms with Crippen LogP contribution in [0.4, 0.5) is 24.7 Å². The van der Waals surface area contributed by atoms with Gasteiger partial charge in [0.2, 0.25) is 0 Å². The van der Waals surface area contributed by atoms with Crippen molar-refractivity contribution in [3.05, 3.63) is 6.20 Å². The van der Waals surface area contributed by atoms with Gasteiger partial charge in [-0.1, -0.05) is 0 Å². The highest BCUT2D eigenvalue weighted by atomic mass is 19.4. The Morgan fingerprint density at radius 2 is 2.23 bits per heavy atom. The molecule has 1 aromatic heterocycles. The van der Waals surface area contributed by atoms with Crippen LogP contribution in [0.15, 0.2) is 6.20 Å². The van der Waals surface area contributed by atoms with E-state index >= 15 is 0 Å². The van der Waals surface area contributed by atoms with E-state index in [1.807, 2.05) is 0 Å². The summed E-state index contributed by atoms with van der Waals surface area (Å²) in [4.78, 5) is 0.985. The molecule has 0 spiro atoms. The second kappa shape index (κ2) is 3.15. The van der Waals surface area contributed by atoms with Gasteiger partial charge in [0, 0.05) is 7.05 Å². The fourth-order valence-corrected chi connectivity index (χ4v) is 0.948. The molecule has 3 N–H and O–H groups in total. The zero-order valence-electron chi connectivity index (χ0n) is 6.89. The maximum atomic E-state index is 11.9. The number of hydrogen-bond donors (Lipinski definition) is 2. The highest BCUT2D eigenvalue weighted by molar-refractivity contribution is 5.61. The first kappa shape index (κ1) is 9.69. The van der Waals surface area contributed by atoms with Crippen molar-refractivity contribution in [3.8, 4) is 0 Å². The van der Waals surface area contributed by atoms with Crippen LogP contribution in [0.2, 0.25) is 0 Å². The Kier molecular flexibility index (Phi) is 2.35. The molecule has 13 heavy (non-hydrogen) atoms. The lowest BCUT2D eigenvalue weighted by Crippen LogP contribution is -2.31. The van der Waals surface area contributed by atoms with Gasteiger partial charge >= 0.3 is 6.18 Å². The number of hydrogen-bond acceptors (Lipinski definition) is 3. The molecule has 0 atom stereocenters. The van der Waals surface area contributed by atoms with Gasteiger partial charge in [0.1, 0.15) is 12.4 Å². The second-order valence-corrected chi connectivity index (χ2v) is 2.64. The number of rotatable bonds is 2. The maximum absolute atomic E-state index is 11.9. The van der Waals surface area contributed by atoms with Gasteiger partial charge in [-0.25, -0.2) is 0 Å². The molecule has 0 unspecified atom stereocenters. The molecular weight excluding hydrogens is 185 g/mol. The highest BCUT2D eigenvalue weighted by Crippen LogP contribution is 2.23. The molecule has 1 rings (SSSR count). The number of anilines is 2. The monoisotopic (exact) mass is 194 g/mol. The van der Waals surface area contributed by atoms with Gasteiger partial charge in [0.25, 0.3) is 0 Å². The molecule has 1 aromatic rings. The van der Waals surface area contributed by atoms with E-state index in [2.05, 4.69) is 10.2 Å². The van der Waals surface area contributed by atoms with E-state index in [-0.39, 0.29) is 11.5 Å². The third-order valence-electron chi connectivity index (χ3n) is 1.48. The molecule has 0 aliphatic heterocycles. The van der Waals surface area contributed by atoms with E-state index in [4.69, 9.17) is 5.73 Å². The minimum absolute atomic E-state index is 0.131. The Morgan fingerprint density at radius 3 is 2.62 bits per heavy atom. The van der Waals surface area contributed by atoms with Gasteiger partial charge in [-0.05, 0) is 0 Å². The summed E-state index contributed by atoms with van der Waals surface area (Å²) in [6.45, 7) is -1.04. The summed E-state index contributed by atoms with van der Waals surface area (Å²) in [6, 6.07) is 0. The molecule has 74 valence electrons. The molecule has 4 nitrogen and oxygen atoms in total. The lowest BCUT2D eigenvalue weighted by Gasteiger charge is -2.19. The van der Waals surface area contributed by atoms with Crippen molar-refractivity contribution in [3.63, 3.8) is 0 Å². The Balaban J connectivity index is 2.69. The maximum Gasteiger partial charge on any atom is 0.405 e. The van der Waals surface area contributed by atoms with Gasteiger partial charge in [-0.3, -0.25) is 5.10 Å². The van der Waals surface area contributed by atoms with Crippen LogP contribution in [-0.4, -0.2) is 30.0 Å². The molecule has 0 radical (unpaired) electrons. The Bertz CT molecular complexity index is 280. The molecular formula is C6H9F3N4. The second-order valence-electron chi connectivity index (χ2n) is 2.64. The predicted octanol–water partition coefficient (Wildman–Crippen LogP) is 0.990. The topological polar surface area (TPSA) is 57.9 Å². The molecule has 0 aliphatic carbocycles. The third kappa shape index (κ3) is 2.53. The van der Waals surface area contributed by atoms with Gasteiger partial charge in [-0.15, -0.1) is 0 Å². The van der Waals surface area contributed by atoms with Gasteiger partial charge in [0.05, 0.1) is 11.9 Å². The lowest BCUT2D eigenvalue weighted by atomic mass is 10.4. The van der Waals surface area contributed by atoms with Crippen LogP contribution in [0.1, 0.15) is 0 Å². The van der Waals surface area contributed by atoms with Crippen LogP contribution >= 0.6 is 0 Å². The van der Waals surface area contributed by atoms with Gasteiger partial charge in [0.15, 0.2) is 0 Å². The molecule has 0 fully saturated rings. The number of nitrogen functional groups attached to an aromatic ring is 1. The third-order valence-corrected chi connectivity index (χ3v) is 1.48. The first-order chi connectivity index (χ1) is 5.90. The van der Waals surface area contributed by atoms with Crippen molar-refractivity contribution < 1.29 is 13.2 Å². The first-order valence-electron chi connectivity index (χ1n) is 3.47. The van der Waals surface area contributed by atoms with Crippen molar-refractivity contribution in [2.45, 2.75) is 6.18 Å². The summed E-state index contributed by atoms with van der Waals surface area (Å²) < 4.78 is 35.7. The highest BCUT2D eigenvalue weighted by Gasteiger charge is 2.30. The molecule has 0 saturated heterocycles. The van der Waals surface area contributed by atoms with Crippen molar-refractivity contribution in [1.82, 2.24) is 10.2 Å². The zero-order valence-corrected chi connectivity index (χ0v) is 6.89. The summed E-state index contributed by atoms with van der Waals surface area (Å²) in [5, 5.41) is 5.87. The number of H-pyrrole nitrogens is 1. The summed E-state index contributed by atoms with van der Waals surface area (Å²) in [7, 11) is 1.30. The number of aromatic amines is 1. The van der Waals surface area contributed by atoms with Crippen LogP contribution in [-0.2, 0) is 0 Å². The number of alkyl halides is 3. The van der Waals surface area contributed by atoms with Crippen molar-refractivity contribution in [2.24, 2.45) is 0 Å². The number of nitrogens with zero attached hydrogens (tertiary/aromatic N) is 2. The average molecular weight is 194 g/mol. The molecule has 0 aliphatic rings. The zero-order chi connectivity index (χ0) is 10.1. The molecule has 1 heterocycles. The lowest BCUT2D eigenvalue weighted by molar-refractivity contribution is -0.119. The number of nitrogens with two attached hydrogens (primary N) is 1. The van der Waals surface area contributed by atoms with Crippen molar-refractivity contribution in [2.75, 3.05) is 24.2 Å². The van der Waals surface area contributed by atoms with E-state index in [1.54, 1.807) is 0 Å². The van der Waals surface area contributed by atoms with E-state index < -0.39 is 12.7 Å². The normalized spacial score (nSPS) is 11.7. The average Bonchev–Trinajstić information content (AvgIpc) is 2.30. The summed E-state index contributed by atoms with van der Waals surface area (Å²) >= 11 is 0. The minimum atomic E-state index is -4.24. The fraction of sp³-hybridized carbons (Fsp3) is 0.500. The Hall–Kier alpha value is -1.40. The SMILES string of the molecule is CN(CC(F)(F)F)c1cn[nH]c1N. The summed E-state index contributed by atoms with van der Waals surface area (Å²) in [5.74, 6) is 0.131. The Morgan fingerprint density at radius 1 is 1.62 bits per heavy atom. The smallest absolute Gasteiger partial charge is 0.382 e. The van der Waals surface area contributed by atoms with Gasteiger partial charge in [-0.2, -0.15) is 18.3 Å². The summed E-state index contributed by atoms with van der Waals surface area (Å²) in [5.41, 5.74) is 5.58. The van der Waals surface area contributed by atoms with E-state index in [9.17, 15) is 13.2 Å². The first-order valence-corrected chi connectivity index (χ1v) is 3.47. The van der Waals surface area contributed by atoms with Crippen molar-refractivity contribution in [1.29, 1.82) is 0 Å². The molecule has 0 bridgehead atoms. The van der Waals surface area contributed by atoms with Crippen LogP contribution in [0.5, 0.6) is 0 Å². The molecule has 0 aromatic carbocycles. The van der Waals surface area contributed by atoms with E-state index in [0.717, 1.165) is 4.90 Å². The van der Waals surface area contributed by atoms with E-state index in [0.29, 0.717) is 0 Å². The fourth-order valence-electron chi connectivity index (χ4n) is 0.948. The van der Waals surface area contributed by atoms with Crippen LogP contribution < -0.4 is 10.6 Å². The van der Waals surface area contributed by atoms with Crippen molar-refractivity contribution >= 4 is 11.5 Å². The van der Waals surface area contributed by atoms with Crippen LogP contribution in [0, 0.1) is 0 Å². The van der Waals surface area contributed by atoms with Gasteiger partial charge < -0.3 is 10.6 Å². The molecule has 0 saturated carbocycles.